The van der Waals surface area contributed by atoms with Crippen molar-refractivity contribution in [3.8, 4) is 0 Å². The maximum absolute atomic E-state index is 13.8. The molecule has 4 rings (SSSR count). The van der Waals surface area contributed by atoms with Gasteiger partial charge in [0.25, 0.3) is 0 Å². The molecule has 0 aliphatic carbocycles. The number of anilines is 1. The van der Waals surface area contributed by atoms with Crippen molar-refractivity contribution in [3.05, 3.63) is 58.3 Å². The summed E-state index contributed by atoms with van der Waals surface area (Å²) in [6, 6.07) is 0.456. The minimum absolute atomic E-state index is 0.00811. The lowest BCUT2D eigenvalue weighted by atomic mass is 9.97. The van der Waals surface area contributed by atoms with Crippen molar-refractivity contribution in [3.63, 3.8) is 0 Å². The lowest BCUT2D eigenvalue weighted by molar-refractivity contribution is -0.143. The van der Waals surface area contributed by atoms with Gasteiger partial charge in [-0.15, -0.1) is 0 Å². The summed E-state index contributed by atoms with van der Waals surface area (Å²) in [4.78, 5) is 22.1. The van der Waals surface area contributed by atoms with Crippen LogP contribution in [-0.4, -0.2) is 71.7 Å². The molecule has 2 fully saturated rings. The molecule has 1 amide bonds. The first kappa shape index (κ1) is 38.5. The summed E-state index contributed by atoms with van der Waals surface area (Å²) in [6.45, 7) is 10.4. The molecule has 1 aromatic carbocycles. The molecule has 274 valence electrons. The van der Waals surface area contributed by atoms with Gasteiger partial charge in [-0.3, -0.25) is 9.80 Å². The number of benzene rings is 1. The van der Waals surface area contributed by atoms with E-state index < -0.39 is 65.6 Å². The average molecular weight is 715 g/mol. The maximum atomic E-state index is 13.8. The van der Waals surface area contributed by atoms with Crippen LogP contribution < -0.4 is 4.90 Å². The lowest BCUT2D eigenvalue weighted by Crippen LogP contribution is -2.46. The van der Waals surface area contributed by atoms with Crippen molar-refractivity contribution in [1.82, 2.24) is 14.8 Å². The van der Waals surface area contributed by atoms with Crippen LogP contribution in [0.25, 0.3) is 0 Å². The molecule has 0 N–H and O–H groups in total. The molecule has 49 heavy (non-hydrogen) atoms. The molecular formula is C32H39F9N4O4. The smallest absolute Gasteiger partial charge is 0.417 e. The highest BCUT2D eigenvalue weighted by Gasteiger charge is 2.44. The highest BCUT2D eigenvalue weighted by Crippen LogP contribution is 2.42. The molecule has 0 radical (unpaired) electrons. The van der Waals surface area contributed by atoms with E-state index in [-0.39, 0.29) is 35.9 Å². The van der Waals surface area contributed by atoms with E-state index in [0.29, 0.717) is 57.5 Å². The number of alkyl halides is 9. The fourth-order valence-electron chi connectivity index (χ4n) is 5.85. The number of pyridine rings is 1. The maximum Gasteiger partial charge on any atom is 0.417 e. The van der Waals surface area contributed by atoms with Crippen molar-refractivity contribution in [2.24, 2.45) is 0 Å². The molecule has 2 saturated heterocycles. The Bertz CT molecular complexity index is 1420. The van der Waals surface area contributed by atoms with Crippen LogP contribution in [0.5, 0.6) is 0 Å². The van der Waals surface area contributed by atoms with Crippen LogP contribution in [0.2, 0.25) is 0 Å². The third-order valence-corrected chi connectivity index (χ3v) is 8.40. The van der Waals surface area contributed by atoms with Gasteiger partial charge in [-0.1, -0.05) is 0 Å². The topological polar surface area (TPSA) is 67.4 Å². The van der Waals surface area contributed by atoms with Crippen molar-refractivity contribution in [1.29, 1.82) is 0 Å². The van der Waals surface area contributed by atoms with Gasteiger partial charge in [-0.25, -0.2) is 9.78 Å². The zero-order valence-corrected chi connectivity index (χ0v) is 27.6. The summed E-state index contributed by atoms with van der Waals surface area (Å²) >= 11 is 0. The van der Waals surface area contributed by atoms with Crippen LogP contribution in [0.4, 0.5) is 50.1 Å². The first-order chi connectivity index (χ1) is 22.6. The number of cyclic esters (lactones) is 1. The number of hydrogen-bond acceptors (Lipinski definition) is 7. The molecule has 0 saturated carbocycles. The zero-order chi connectivity index (χ0) is 36.5. The van der Waals surface area contributed by atoms with Gasteiger partial charge >= 0.3 is 24.6 Å². The summed E-state index contributed by atoms with van der Waals surface area (Å²) in [5.41, 5.74) is -5.18. The van der Waals surface area contributed by atoms with Crippen molar-refractivity contribution < 1.29 is 58.5 Å². The monoisotopic (exact) mass is 714 g/mol. The largest absolute Gasteiger partial charge is 0.439 e. The Balaban J connectivity index is 1.58. The predicted molar refractivity (Wildman–Crippen MR) is 159 cm³/mol. The van der Waals surface area contributed by atoms with E-state index in [0.717, 1.165) is 11.0 Å². The van der Waals surface area contributed by atoms with Crippen LogP contribution in [-0.2, 0) is 39.3 Å². The number of halogens is 9. The van der Waals surface area contributed by atoms with Gasteiger partial charge in [0.2, 0.25) is 0 Å². The summed E-state index contributed by atoms with van der Waals surface area (Å²) in [5, 5.41) is 0. The van der Waals surface area contributed by atoms with E-state index in [1.165, 1.54) is 6.92 Å². The Hall–Kier alpha value is -3.31. The molecular weight excluding hydrogens is 675 g/mol. The minimum Gasteiger partial charge on any atom is -0.439 e. The zero-order valence-electron chi connectivity index (χ0n) is 27.6. The summed E-state index contributed by atoms with van der Waals surface area (Å²) in [5.74, 6) is 0.172. The van der Waals surface area contributed by atoms with Crippen molar-refractivity contribution >= 4 is 11.9 Å². The Morgan fingerprint density at radius 2 is 1.47 bits per heavy atom. The number of carbonyl (C=O) groups is 1. The fraction of sp³-hybridized carbons (Fsp3) is 0.625. The first-order valence-corrected chi connectivity index (χ1v) is 15.6. The van der Waals surface area contributed by atoms with Gasteiger partial charge < -0.3 is 19.1 Å². The molecule has 8 nitrogen and oxygen atoms in total. The van der Waals surface area contributed by atoms with Crippen LogP contribution in [0.15, 0.2) is 30.5 Å². The molecule has 2 aliphatic heterocycles. The Morgan fingerprint density at radius 1 is 0.898 bits per heavy atom. The highest BCUT2D eigenvalue weighted by atomic mass is 19.4. The standard InChI is InChI=1S/C32H39F9N4O4/c1-6-44(25-7-9-43(10-8-25)17-47-18-48-29(3,4)5)27-21(13-24(15-42-27)32(39,40)41)16-45-19(2)26(49-28(45)46)20-11-22(30(33,34)35)14-23(12-20)31(36,37)38/h11-15,19,25-26H,6-10,16-18H2,1-5H3. The molecule has 2 aromatic rings. The molecule has 0 bridgehead atoms. The molecule has 0 spiro atoms. The number of likely N-dealkylation sites (tertiary alicyclic amines) is 1. The second-order valence-electron chi connectivity index (χ2n) is 13.1. The quantitative estimate of drug-likeness (QED) is 0.140. The Labute approximate surface area is 278 Å². The normalized spacial score (nSPS) is 20.2. The average Bonchev–Trinajstić information content (AvgIpc) is 3.27. The summed E-state index contributed by atoms with van der Waals surface area (Å²) in [6.07, 6.45) is -15.8. The number of amides is 1. The second kappa shape index (κ2) is 14.5. The SMILES string of the molecule is CCN(c1ncc(C(F)(F)F)cc1CN1C(=O)OC(c2cc(C(F)(F)F)cc(C(F)(F)F)c2)C1C)C1CCN(COCOC(C)(C)C)CC1. The predicted octanol–water partition coefficient (Wildman–Crippen LogP) is 8.26. The molecule has 17 heteroatoms. The van der Waals surface area contributed by atoms with Crippen LogP contribution in [0, 0.1) is 0 Å². The van der Waals surface area contributed by atoms with Crippen molar-refractivity contribution in [2.75, 3.05) is 38.1 Å². The third-order valence-electron chi connectivity index (χ3n) is 8.40. The van der Waals surface area contributed by atoms with E-state index in [2.05, 4.69) is 9.88 Å². The molecule has 2 aliphatic rings. The number of ether oxygens (including phenoxy) is 3. The van der Waals surface area contributed by atoms with Crippen LogP contribution in [0.3, 0.4) is 0 Å². The number of piperidine rings is 1. The van der Waals surface area contributed by atoms with Crippen LogP contribution in [0.1, 0.15) is 81.4 Å². The lowest BCUT2D eigenvalue weighted by Gasteiger charge is -2.39. The Kier molecular flexibility index (Phi) is 11.4. The first-order valence-electron chi connectivity index (χ1n) is 15.6. The van der Waals surface area contributed by atoms with Crippen molar-refractivity contribution in [2.45, 2.75) is 96.3 Å². The molecule has 3 heterocycles. The van der Waals surface area contributed by atoms with Gasteiger partial charge in [0.05, 0.1) is 34.9 Å². The number of carbonyl (C=O) groups excluding carboxylic acids is 1. The summed E-state index contributed by atoms with van der Waals surface area (Å²) in [7, 11) is 0. The van der Waals surface area contributed by atoms with E-state index in [1.54, 1.807) is 6.92 Å². The van der Waals surface area contributed by atoms with Gasteiger partial charge in [-0.05, 0) is 77.3 Å². The number of rotatable bonds is 10. The van der Waals surface area contributed by atoms with E-state index in [4.69, 9.17) is 14.2 Å². The fourth-order valence-corrected chi connectivity index (χ4v) is 5.85. The highest BCUT2D eigenvalue weighted by molar-refractivity contribution is 5.71. The number of hydrogen-bond donors (Lipinski definition) is 0. The number of aromatic nitrogens is 1. The van der Waals surface area contributed by atoms with Gasteiger partial charge in [0, 0.05) is 37.4 Å². The van der Waals surface area contributed by atoms with Gasteiger partial charge in [-0.2, -0.15) is 39.5 Å². The Morgan fingerprint density at radius 3 is 1.98 bits per heavy atom. The van der Waals surface area contributed by atoms with E-state index in [9.17, 15) is 44.3 Å². The summed E-state index contributed by atoms with van der Waals surface area (Å²) < 4.78 is 139. The number of nitrogens with zero attached hydrogens (tertiary/aromatic N) is 4. The molecule has 2 atom stereocenters. The third kappa shape index (κ3) is 9.69. The second-order valence-corrected chi connectivity index (χ2v) is 13.1. The van der Waals surface area contributed by atoms with E-state index in [1.807, 2.05) is 25.7 Å². The molecule has 1 aromatic heterocycles. The van der Waals surface area contributed by atoms with Crippen LogP contribution >= 0.6 is 0 Å². The molecule has 2 unspecified atom stereocenters. The van der Waals surface area contributed by atoms with E-state index >= 15 is 0 Å². The van der Waals surface area contributed by atoms with Gasteiger partial charge in [0.15, 0.2) is 0 Å². The minimum atomic E-state index is -5.13. The van der Waals surface area contributed by atoms with Gasteiger partial charge in [0.1, 0.15) is 25.4 Å².